The van der Waals surface area contributed by atoms with Crippen LogP contribution in [0.25, 0.3) is 0 Å². The van der Waals surface area contributed by atoms with Gasteiger partial charge in [0.2, 0.25) is 0 Å². The highest BCUT2D eigenvalue weighted by molar-refractivity contribution is 5.41. The summed E-state index contributed by atoms with van der Waals surface area (Å²) in [6.07, 6.45) is -7.61. The Morgan fingerprint density at radius 1 is 1.33 bits per heavy atom. The van der Waals surface area contributed by atoms with Gasteiger partial charge in [-0.15, -0.1) is 0 Å². The molecule has 0 aliphatic carbocycles. The lowest BCUT2D eigenvalue weighted by molar-refractivity contribution is -0.139. The molecule has 15 heavy (non-hydrogen) atoms. The van der Waals surface area contributed by atoms with Crippen molar-refractivity contribution in [1.82, 2.24) is 4.98 Å². The highest BCUT2D eigenvalue weighted by Gasteiger charge is 2.37. The van der Waals surface area contributed by atoms with Crippen molar-refractivity contribution in [1.29, 1.82) is 0 Å². The van der Waals surface area contributed by atoms with Gasteiger partial charge in [0.1, 0.15) is 17.0 Å². The molecule has 0 atom stereocenters. The smallest absolute Gasteiger partial charge is 0.420 e. The molecular weight excluding hydrogens is 221 g/mol. The third-order valence-corrected chi connectivity index (χ3v) is 1.83. The van der Waals surface area contributed by atoms with Crippen LogP contribution in [-0.2, 0) is 6.18 Å². The number of nitrogens with zero attached hydrogens (tertiary/aromatic N) is 1. The summed E-state index contributed by atoms with van der Waals surface area (Å²) in [5.74, 6) is -1.15. The number of hydrogen-bond acceptors (Lipinski definition) is 2. The normalized spacial score (nSPS) is 12.2. The minimum atomic E-state index is -4.87. The molecule has 0 unspecified atom stereocenters. The summed E-state index contributed by atoms with van der Waals surface area (Å²) in [4.78, 5) is 3.05. The maximum absolute atomic E-state index is 12.3. The summed E-state index contributed by atoms with van der Waals surface area (Å²) in [6.45, 7) is 0.844. The fraction of sp³-hybridized carbons (Fsp3) is 0.375. The van der Waals surface area contributed by atoms with Gasteiger partial charge in [-0.2, -0.15) is 13.2 Å². The number of alkyl halides is 5. The van der Waals surface area contributed by atoms with Crippen LogP contribution in [0.3, 0.4) is 0 Å². The van der Waals surface area contributed by atoms with E-state index in [1.807, 2.05) is 0 Å². The van der Waals surface area contributed by atoms with Gasteiger partial charge in [-0.25, -0.2) is 8.78 Å². The number of pyridine rings is 1. The van der Waals surface area contributed by atoms with Crippen LogP contribution in [0.1, 0.15) is 23.2 Å². The van der Waals surface area contributed by atoms with Crippen LogP contribution in [0.2, 0.25) is 0 Å². The summed E-state index contributed by atoms with van der Waals surface area (Å²) in [6, 6.07) is 0. The molecule has 2 nitrogen and oxygen atoms in total. The number of hydrogen-bond donors (Lipinski definition) is 1. The lowest BCUT2D eigenvalue weighted by Crippen LogP contribution is -2.11. The van der Waals surface area contributed by atoms with Gasteiger partial charge in [-0.3, -0.25) is 4.98 Å². The van der Waals surface area contributed by atoms with E-state index in [9.17, 15) is 22.0 Å². The summed E-state index contributed by atoms with van der Waals surface area (Å²) in [5.41, 5.74) is -3.19. The van der Waals surface area contributed by atoms with Crippen LogP contribution in [0.15, 0.2) is 6.20 Å². The fourth-order valence-electron chi connectivity index (χ4n) is 1.19. The van der Waals surface area contributed by atoms with Crippen LogP contribution < -0.4 is 0 Å². The van der Waals surface area contributed by atoms with Crippen LogP contribution in [0.5, 0.6) is 5.75 Å². The second-order valence-corrected chi connectivity index (χ2v) is 2.83. The molecule has 0 saturated carbocycles. The van der Waals surface area contributed by atoms with Crippen LogP contribution >= 0.6 is 0 Å². The van der Waals surface area contributed by atoms with E-state index in [0.29, 0.717) is 6.20 Å². The summed E-state index contributed by atoms with van der Waals surface area (Å²) in [5, 5.41) is 8.91. The molecule has 0 spiro atoms. The zero-order valence-electron chi connectivity index (χ0n) is 7.44. The second kappa shape index (κ2) is 3.63. The van der Waals surface area contributed by atoms with Gasteiger partial charge in [0.15, 0.2) is 0 Å². The molecule has 0 aliphatic heterocycles. The minimum absolute atomic E-state index is 0.372. The lowest BCUT2D eigenvalue weighted by atomic mass is 10.1. The van der Waals surface area contributed by atoms with Gasteiger partial charge in [-0.1, -0.05) is 0 Å². The number of aromatic hydroxyl groups is 1. The minimum Gasteiger partial charge on any atom is -0.506 e. The zero-order chi connectivity index (χ0) is 11.8. The first kappa shape index (κ1) is 11.7. The van der Waals surface area contributed by atoms with E-state index in [-0.39, 0.29) is 0 Å². The number of aromatic nitrogens is 1. The van der Waals surface area contributed by atoms with E-state index >= 15 is 0 Å². The van der Waals surface area contributed by atoms with Crippen LogP contribution in [0, 0.1) is 6.92 Å². The summed E-state index contributed by atoms with van der Waals surface area (Å²) in [7, 11) is 0. The average molecular weight is 227 g/mol. The average Bonchev–Trinajstić information content (AvgIpc) is 2.00. The maximum Gasteiger partial charge on any atom is 0.420 e. The maximum atomic E-state index is 12.3. The molecule has 0 aromatic carbocycles. The Morgan fingerprint density at radius 3 is 2.27 bits per heavy atom. The van der Waals surface area contributed by atoms with Crippen molar-refractivity contribution < 1.29 is 27.1 Å². The molecule has 84 valence electrons. The van der Waals surface area contributed by atoms with Crippen molar-refractivity contribution in [3.05, 3.63) is 23.0 Å². The first-order valence-electron chi connectivity index (χ1n) is 3.79. The van der Waals surface area contributed by atoms with Gasteiger partial charge in [0.25, 0.3) is 6.43 Å². The Morgan fingerprint density at radius 2 is 1.87 bits per heavy atom. The third-order valence-electron chi connectivity index (χ3n) is 1.83. The van der Waals surface area contributed by atoms with Crippen LogP contribution in [-0.4, -0.2) is 10.1 Å². The molecule has 0 radical (unpaired) electrons. The Kier molecular flexibility index (Phi) is 2.83. The third kappa shape index (κ3) is 2.16. The molecule has 1 heterocycles. The molecule has 7 heteroatoms. The molecule has 1 aromatic rings. The van der Waals surface area contributed by atoms with Gasteiger partial charge >= 0.3 is 6.18 Å². The summed E-state index contributed by atoms with van der Waals surface area (Å²) >= 11 is 0. The fourth-order valence-corrected chi connectivity index (χ4v) is 1.19. The molecule has 0 bridgehead atoms. The van der Waals surface area contributed by atoms with Gasteiger partial charge in [0.05, 0.1) is 6.20 Å². The molecule has 1 rings (SSSR count). The van der Waals surface area contributed by atoms with Gasteiger partial charge < -0.3 is 5.11 Å². The van der Waals surface area contributed by atoms with E-state index in [4.69, 9.17) is 5.11 Å². The topological polar surface area (TPSA) is 33.1 Å². The Hall–Kier alpha value is -1.40. The SMILES string of the molecule is Cc1c(C(F)F)ncc(O)c1C(F)(F)F. The Balaban J connectivity index is 3.44. The lowest BCUT2D eigenvalue weighted by Gasteiger charge is -2.14. The largest absolute Gasteiger partial charge is 0.506 e. The monoisotopic (exact) mass is 227 g/mol. The van der Waals surface area contributed by atoms with Crippen molar-refractivity contribution in [3.8, 4) is 5.75 Å². The predicted molar refractivity (Wildman–Crippen MR) is 40.6 cm³/mol. The van der Waals surface area contributed by atoms with Crippen molar-refractivity contribution in [2.45, 2.75) is 19.5 Å². The van der Waals surface area contributed by atoms with Crippen molar-refractivity contribution in [2.24, 2.45) is 0 Å². The zero-order valence-corrected chi connectivity index (χ0v) is 7.44. The van der Waals surface area contributed by atoms with E-state index in [0.717, 1.165) is 6.92 Å². The highest BCUT2D eigenvalue weighted by Crippen LogP contribution is 2.39. The van der Waals surface area contributed by atoms with Gasteiger partial charge in [-0.05, 0) is 12.5 Å². The van der Waals surface area contributed by atoms with Crippen molar-refractivity contribution >= 4 is 0 Å². The van der Waals surface area contributed by atoms with Gasteiger partial charge in [0, 0.05) is 0 Å². The highest BCUT2D eigenvalue weighted by atomic mass is 19.4. The molecule has 0 aliphatic rings. The first-order valence-corrected chi connectivity index (χ1v) is 3.79. The predicted octanol–water partition coefficient (Wildman–Crippen LogP) is 3.05. The molecule has 0 amide bonds. The van der Waals surface area contributed by atoms with E-state index in [2.05, 4.69) is 4.98 Å². The summed E-state index contributed by atoms with van der Waals surface area (Å²) < 4.78 is 61.4. The Bertz CT molecular complexity index is 374. The first-order chi connectivity index (χ1) is 6.75. The molecule has 0 saturated heterocycles. The molecule has 0 fully saturated rings. The quantitative estimate of drug-likeness (QED) is 0.748. The Labute approximate surface area is 81.4 Å². The standard InChI is InChI=1S/C8H6F5NO/c1-3-5(8(11,12)13)4(15)2-14-6(3)7(9)10/h2,7,15H,1H3. The van der Waals surface area contributed by atoms with E-state index in [1.165, 1.54) is 0 Å². The van der Waals surface area contributed by atoms with Crippen LogP contribution in [0.4, 0.5) is 22.0 Å². The van der Waals surface area contributed by atoms with Crippen molar-refractivity contribution in [2.75, 3.05) is 0 Å². The van der Waals surface area contributed by atoms with Crippen molar-refractivity contribution in [3.63, 3.8) is 0 Å². The molecule has 1 aromatic heterocycles. The molecular formula is C8H6F5NO. The molecule has 1 N–H and O–H groups in total. The van der Waals surface area contributed by atoms with E-state index in [1.54, 1.807) is 0 Å². The van der Waals surface area contributed by atoms with E-state index < -0.39 is 35.2 Å². The second-order valence-electron chi connectivity index (χ2n) is 2.83. The number of halogens is 5. The number of rotatable bonds is 1.